The van der Waals surface area contributed by atoms with Crippen molar-refractivity contribution in [2.75, 3.05) is 0 Å². The summed E-state index contributed by atoms with van der Waals surface area (Å²) in [7, 11) is 0. The number of halogens is 2. The lowest BCUT2D eigenvalue weighted by molar-refractivity contribution is 0.0884. The van der Waals surface area contributed by atoms with E-state index in [9.17, 15) is 13.6 Å². The fraction of sp³-hybridized carbons (Fsp3) is 0.562. The predicted molar refractivity (Wildman–Crippen MR) is 74.4 cm³/mol. The first-order valence-electron chi connectivity index (χ1n) is 7.25. The maximum absolute atomic E-state index is 13.6. The number of carbonyl (C=O) groups is 1. The summed E-state index contributed by atoms with van der Waals surface area (Å²) in [5, 5.41) is 2.89. The van der Waals surface area contributed by atoms with Crippen LogP contribution in [-0.2, 0) is 0 Å². The summed E-state index contributed by atoms with van der Waals surface area (Å²) in [5.74, 6) is -1.69. The van der Waals surface area contributed by atoms with E-state index in [0.29, 0.717) is 11.8 Å². The Morgan fingerprint density at radius 2 is 1.95 bits per heavy atom. The summed E-state index contributed by atoms with van der Waals surface area (Å²) in [6, 6.07) is 3.75. The van der Waals surface area contributed by atoms with Gasteiger partial charge in [-0.3, -0.25) is 4.79 Å². The first-order chi connectivity index (χ1) is 9.50. The van der Waals surface area contributed by atoms with E-state index < -0.39 is 17.5 Å². The molecule has 0 aromatic heterocycles. The third kappa shape index (κ3) is 3.17. The first kappa shape index (κ1) is 14.9. The minimum Gasteiger partial charge on any atom is -0.349 e. The lowest BCUT2D eigenvalue weighted by atomic mass is 9.78. The molecule has 0 heterocycles. The van der Waals surface area contributed by atoms with E-state index in [2.05, 4.69) is 19.2 Å². The van der Waals surface area contributed by atoms with Crippen molar-refractivity contribution in [1.29, 1.82) is 0 Å². The zero-order valence-corrected chi connectivity index (χ0v) is 12.0. The fourth-order valence-electron chi connectivity index (χ4n) is 3.06. The topological polar surface area (TPSA) is 29.1 Å². The molecule has 1 aliphatic rings. The zero-order valence-electron chi connectivity index (χ0n) is 12.0. The number of nitrogens with one attached hydrogen (secondary N) is 1. The van der Waals surface area contributed by atoms with Gasteiger partial charge in [0, 0.05) is 6.04 Å². The monoisotopic (exact) mass is 281 g/mol. The molecule has 0 bridgehead atoms. The second-order valence-corrected chi connectivity index (χ2v) is 5.87. The molecule has 1 fully saturated rings. The highest BCUT2D eigenvalue weighted by Gasteiger charge is 2.29. The molecule has 20 heavy (non-hydrogen) atoms. The molecular formula is C16H21F2NO. The van der Waals surface area contributed by atoms with Gasteiger partial charge in [-0.2, -0.15) is 0 Å². The molecule has 0 aliphatic heterocycles. The van der Waals surface area contributed by atoms with Crippen molar-refractivity contribution in [3.63, 3.8) is 0 Å². The molecule has 0 spiro atoms. The second-order valence-electron chi connectivity index (χ2n) is 5.87. The van der Waals surface area contributed by atoms with Crippen molar-refractivity contribution in [2.24, 2.45) is 11.8 Å². The van der Waals surface area contributed by atoms with Gasteiger partial charge in [0.1, 0.15) is 0 Å². The van der Waals surface area contributed by atoms with Crippen molar-refractivity contribution in [1.82, 2.24) is 5.32 Å². The predicted octanol–water partition coefficient (Wildman–Crippen LogP) is 3.91. The molecule has 1 aliphatic carbocycles. The Kier molecular flexibility index (Phi) is 4.73. The smallest absolute Gasteiger partial charge is 0.254 e. The molecule has 0 radical (unpaired) electrons. The van der Waals surface area contributed by atoms with Crippen molar-refractivity contribution in [3.8, 4) is 0 Å². The molecule has 2 rings (SSSR count). The lowest BCUT2D eigenvalue weighted by Gasteiger charge is -2.34. The van der Waals surface area contributed by atoms with E-state index in [-0.39, 0.29) is 11.6 Å². The van der Waals surface area contributed by atoms with E-state index in [4.69, 9.17) is 0 Å². The van der Waals surface area contributed by atoms with Crippen LogP contribution in [0.2, 0.25) is 0 Å². The standard InChI is InChI=1S/C16H21F2NO/c1-10(2)11-6-3-4-9-14(11)19-16(20)12-7-5-8-13(17)15(12)18/h5,7-8,10-11,14H,3-4,6,9H2,1-2H3,(H,19,20). The molecule has 4 heteroatoms. The average Bonchev–Trinajstić information content (AvgIpc) is 2.42. The molecule has 2 nitrogen and oxygen atoms in total. The summed E-state index contributed by atoms with van der Waals surface area (Å²) in [5.41, 5.74) is -0.210. The van der Waals surface area contributed by atoms with Crippen LogP contribution in [0.5, 0.6) is 0 Å². The summed E-state index contributed by atoms with van der Waals surface area (Å²) < 4.78 is 26.8. The van der Waals surface area contributed by atoms with E-state index in [1.54, 1.807) is 0 Å². The van der Waals surface area contributed by atoms with Crippen molar-refractivity contribution in [3.05, 3.63) is 35.4 Å². The fourth-order valence-corrected chi connectivity index (χ4v) is 3.06. The van der Waals surface area contributed by atoms with Crippen LogP contribution in [0.3, 0.4) is 0 Å². The number of hydrogen-bond donors (Lipinski definition) is 1. The highest BCUT2D eigenvalue weighted by atomic mass is 19.2. The largest absolute Gasteiger partial charge is 0.349 e. The molecule has 1 aromatic carbocycles. The number of carbonyl (C=O) groups excluding carboxylic acids is 1. The van der Waals surface area contributed by atoms with Crippen LogP contribution in [0.4, 0.5) is 8.78 Å². The van der Waals surface area contributed by atoms with E-state index in [1.807, 2.05) is 0 Å². The molecule has 0 saturated heterocycles. The Morgan fingerprint density at radius 1 is 1.25 bits per heavy atom. The van der Waals surface area contributed by atoms with Gasteiger partial charge in [-0.15, -0.1) is 0 Å². The molecule has 1 N–H and O–H groups in total. The van der Waals surface area contributed by atoms with Gasteiger partial charge in [0.25, 0.3) is 5.91 Å². The van der Waals surface area contributed by atoms with Gasteiger partial charge in [0.2, 0.25) is 0 Å². The Bertz CT molecular complexity index is 487. The molecule has 2 unspecified atom stereocenters. The number of benzene rings is 1. The van der Waals surface area contributed by atoms with Gasteiger partial charge in [-0.25, -0.2) is 8.78 Å². The number of amides is 1. The summed E-state index contributed by atoms with van der Waals surface area (Å²) in [6.07, 6.45) is 4.23. The Balaban J connectivity index is 2.12. The van der Waals surface area contributed by atoms with Gasteiger partial charge in [-0.1, -0.05) is 32.8 Å². The zero-order chi connectivity index (χ0) is 14.7. The van der Waals surface area contributed by atoms with E-state index >= 15 is 0 Å². The quantitative estimate of drug-likeness (QED) is 0.894. The van der Waals surface area contributed by atoms with Crippen LogP contribution in [0.25, 0.3) is 0 Å². The first-order valence-corrected chi connectivity index (χ1v) is 7.25. The maximum Gasteiger partial charge on any atom is 0.254 e. The Hall–Kier alpha value is -1.45. The van der Waals surface area contributed by atoms with Crippen LogP contribution in [-0.4, -0.2) is 11.9 Å². The highest BCUT2D eigenvalue weighted by molar-refractivity contribution is 5.94. The van der Waals surface area contributed by atoms with Gasteiger partial charge in [0.05, 0.1) is 5.56 Å². The molecule has 1 aromatic rings. The SMILES string of the molecule is CC(C)C1CCCCC1NC(=O)c1cccc(F)c1F. The summed E-state index contributed by atoms with van der Waals surface area (Å²) >= 11 is 0. The molecule has 1 saturated carbocycles. The summed E-state index contributed by atoms with van der Waals surface area (Å²) in [6.45, 7) is 4.27. The molecule has 110 valence electrons. The van der Waals surface area contributed by atoms with E-state index in [0.717, 1.165) is 25.3 Å². The molecule has 2 atom stereocenters. The molecular weight excluding hydrogens is 260 g/mol. The lowest BCUT2D eigenvalue weighted by Crippen LogP contribution is -2.44. The van der Waals surface area contributed by atoms with Gasteiger partial charge < -0.3 is 5.32 Å². The van der Waals surface area contributed by atoms with Crippen LogP contribution >= 0.6 is 0 Å². The van der Waals surface area contributed by atoms with Crippen LogP contribution in [0.1, 0.15) is 49.9 Å². The Morgan fingerprint density at radius 3 is 2.65 bits per heavy atom. The Labute approximate surface area is 118 Å². The van der Waals surface area contributed by atoms with Crippen molar-refractivity contribution < 1.29 is 13.6 Å². The van der Waals surface area contributed by atoms with Crippen LogP contribution in [0, 0.1) is 23.5 Å². The van der Waals surface area contributed by atoms with Gasteiger partial charge in [-0.05, 0) is 36.8 Å². The van der Waals surface area contributed by atoms with Crippen LogP contribution in [0.15, 0.2) is 18.2 Å². The minimum absolute atomic E-state index is 0.0546. The number of hydrogen-bond acceptors (Lipinski definition) is 1. The third-order valence-electron chi connectivity index (χ3n) is 4.19. The normalized spacial score (nSPS) is 22.9. The average molecular weight is 281 g/mol. The van der Waals surface area contributed by atoms with Crippen molar-refractivity contribution in [2.45, 2.75) is 45.6 Å². The second kappa shape index (κ2) is 6.33. The van der Waals surface area contributed by atoms with E-state index in [1.165, 1.54) is 18.6 Å². The van der Waals surface area contributed by atoms with Crippen LogP contribution < -0.4 is 5.32 Å². The third-order valence-corrected chi connectivity index (χ3v) is 4.19. The maximum atomic E-state index is 13.6. The minimum atomic E-state index is -1.07. The highest BCUT2D eigenvalue weighted by Crippen LogP contribution is 2.30. The van der Waals surface area contributed by atoms with Gasteiger partial charge >= 0.3 is 0 Å². The number of rotatable bonds is 3. The van der Waals surface area contributed by atoms with Crippen molar-refractivity contribution >= 4 is 5.91 Å². The summed E-state index contributed by atoms with van der Waals surface area (Å²) in [4.78, 5) is 12.1. The van der Waals surface area contributed by atoms with Gasteiger partial charge in [0.15, 0.2) is 11.6 Å². The molecule has 1 amide bonds.